The summed E-state index contributed by atoms with van der Waals surface area (Å²) in [5.41, 5.74) is 2.29. The Kier molecular flexibility index (Phi) is 7.97. The number of rotatable bonds is 3. The third-order valence-electron chi connectivity index (χ3n) is 4.37. The van der Waals surface area contributed by atoms with Gasteiger partial charge in [-0.2, -0.15) is 0 Å². The van der Waals surface area contributed by atoms with E-state index in [2.05, 4.69) is 38.1 Å². The van der Waals surface area contributed by atoms with Crippen molar-refractivity contribution in [3.8, 4) is 0 Å². The molecule has 0 bridgehead atoms. The van der Waals surface area contributed by atoms with E-state index in [1.54, 1.807) is 11.3 Å². The monoisotopic (exact) mass is 505 g/mol. The van der Waals surface area contributed by atoms with E-state index in [1.165, 1.54) is 10.6 Å². The summed E-state index contributed by atoms with van der Waals surface area (Å²) in [5, 5.41) is 5.38. The van der Waals surface area contributed by atoms with E-state index in [0.717, 1.165) is 54.4 Å². The number of guanidine groups is 1. The van der Waals surface area contributed by atoms with Gasteiger partial charge in [-0.05, 0) is 32.0 Å². The first-order valence-electron chi connectivity index (χ1n) is 8.46. The fourth-order valence-electron chi connectivity index (χ4n) is 3.08. The van der Waals surface area contributed by atoms with E-state index < -0.39 is 0 Å². The van der Waals surface area contributed by atoms with Gasteiger partial charge in [-0.3, -0.25) is 4.99 Å². The van der Waals surface area contributed by atoms with Crippen molar-refractivity contribution in [2.75, 3.05) is 38.1 Å². The number of hydrogen-bond donors (Lipinski definition) is 1. The summed E-state index contributed by atoms with van der Waals surface area (Å²) in [6.07, 6.45) is 0. The van der Waals surface area contributed by atoms with Gasteiger partial charge < -0.3 is 15.1 Å². The van der Waals surface area contributed by atoms with Gasteiger partial charge in [-0.25, -0.2) is 4.98 Å². The molecule has 1 aromatic carbocycles. The molecule has 26 heavy (non-hydrogen) atoms. The van der Waals surface area contributed by atoms with Gasteiger partial charge in [-0.15, -0.1) is 35.3 Å². The Labute approximate surface area is 181 Å². The average Bonchev–Trinajstić information content (AvgIpc) is 2.93. The second-order valence-corrected chi connectivity index (χ2v) is 7.82. The smallest absolute Gasteiger partial charge is 0.194 e. The number of anilines is 1. The van der Waals surface area contributed by atoms with Crippen LogP contribution in [0.5, 0.6) is 0 Å². The van der Waals surface area contributed by atoms with Gasteiger partial charge in [0.1, 0.15) is 0 Å². The highest BCUT2D eigenvalue weighted by molar-refractivity contribution is 14.0. The molecule has 1 fully saturated rings. The van der Waals surface area contributed by atoms with E-state index in [-0.39, 0.29) is 24.0 Å². The van der Waals surface area contributed by atoms with Gasteiger partial charge in [0.05, 0.1) is 17.2 Å². The standard InChI is InChI=1S/C18H24ClN5S.HI/c1-13-17(25-14(2)22-13)12-21-18(20-3)24-9-7-23(8-10-24)16-6-4-5-15(19)11-16;/h4-6,11H,7-10,12H2,1-3H3,(H,20,21);1H. The van der Waals surface area contributed by atoms with Crippen molar-refractivity contribution in [3.05, 3.63) is 44.9 Å². The summed E-state index contributed by atoms with van der Waals surface area (Å²) in [6.45, 7) is 8.68. The molecule has 0 spiro atoms. The molecule has 2 heterocycles. The van der Waals surface area contributed by atoms with E-state index in [0.29, 0.717) is 0 Å². The van der Waals surface area contributed by atoms with E-state index >= 15 is 0 Å². The SMILES string of the molecule is CN=C(NCc1sc(C)nc1C)N1CCN(c2cccc(Cl)c2)CC1.I. The molecule has 2 aromatic rings. The highest BCUT2D eigenvalue weighted by Gasteiger charge is 2.20. The number of hydrogen-bond acceptors (Lipinski definition) is 4. The molecule has 1 saturated heterocycles. The molecule has 0 aliphatic carbocycles. The van der Waals surface area contributed by atoms with Crippen molar-refractivity contribution < 1.29 is 0 Å². The maximum Gasteiger partial charge on any atom is 0.194 e. The van der Waals surface area contributed by atoms with Gasteiger partial charge in [0, 0.05) is 48.8 Å². The molecule has 0 unspecified atom stereocenters. The lowest BCUT2D eigenvalue weighted by molar-refractivity contribution is 0.372. The number of aryl methyl sites for hydroxylation is 2. The van der Waals surface area contributed by atoms with E-state index in [1.807, 2.05) is 32.2 Å². The van der Waals surface area contributed by atoms with Crippen molar-refractivity contribution in [2.24, 2.45) is 4.99 Å². The molecule has 1 aromatic heterocycles. The number of aliphatic imine (C=N–C) groups is 1. The fourth-order valence-corrected chi connectivity index (χ4v) is 4.14. The second kappa shape index (κ2) is 9.75. The van der Waals surface area contributed by atoms with Crippen molar-refractivity contribution in [2.45, 2.75) is 20.4 Å². The van der Waals surface area contributed by atoms with Crippen molar-refractivity contribution in [1.29, 1.82) is 0 Å². The number of aromatic nitrogens is 1. The van der Waals surface area contributed by atoms with E-state index in [9.17, 15) is 0 Å². The topological polar surface area (TPSA) is 43.8 Å². The first kappa shape index (κ1) is 21.2. The van der Waals surface area contributed by atoms with Crippen LogP contribution in [0.4, 0.5) is 5.69 Å². The highest BCUT2D eigenvalue weighted by Crippen LogP contribution is 2.21. The van der Waals surface area contributed by atoms with Gasteiger partial charge in [0.15, 0.2) is 5.96 Å². The minimum atomic E-state index is 0. The number of benzene rings is 1. The summed E-state index contributed by atoms with van der Waals surface area (Å²) >= 11 is 7.85. The first-order valence-corrected chi connectivity index (χ1v) is 9.65. The molecule has 0 amide bonds. The number of halogens is 2. The average molecular weight is 506 g/mol. The molecule has 5 nitrogen and oxygen atoms in total. The molecule has 1 aliphatic heterocycles. The van der Waals surface area contributed by atoms with Crippen LogP contribution in [0.15, 0.2) is 29.3 Å². The first-order chi connectivity index (χ1) is 12.1. The molecule has 3 rings (SSSR count). The molecule has 0 saturated carbocycles. The Morgan fingerprint density at radius 3 is 2.58 bits per heavy atom. The van der Waals surface area contributed by atoms with Gasteiger partial charge in [0.25, 0.3) is 0 Å². The Morgan fingerprint density at radius 1 is 1.27 bits per heavy atom. The van der Waals surface area contributed by atoms with Gasteiger partial charge >= 0.3 is 0 Å². The Bertz CT molecular complexity index is 756. The number of piperazine rings is 1. The molecular weight excluding hydrogens is 481 g/mol. The maximum atomic E-state index is 6.11. The minimum Gasteiger partial charge on any atom is -0.368 e. The predicted octanol–water partition coefficient (Wildman–Crippen LogP) is 3.93. The number of thiazole rings is 1. The molecule has 0 radical (unpaired) electrons. The molecule has 142 valence electrons. The summed E-state index contributed by atoms with van der Waals surface area (Å²) in [5.74, 6) is 0.955. The van der Waals surface area contributed by atoms with Gasteiger partial charge in [-0.1, -0.05) is 17.7 Å². The second-order valence-electron chi connectivity index (χ2n) is 6.10. The molecule has 0 atom stereocenters. The van der Waals surface area contributed by atoms with Crippen LogP contribution in [0, 0.1) is 13.8 Å². The largest absolute Gasteiger partial charge is 0.368 e. The van der Waals surface area contributed by atoms with Crippen LogP contribution in [0.2, 0.25) is 5.02 Å². The van der Waals surface area contributed by atoms with Crippen LogP contribution in [0.3, 0.4) is 0 Å². The van der Waals surface area contributed by atoms with Crippen LogP contribution < -0.4 is 10.2 Å². The summed E-state index contributed by atoms with van der Waals surface area (Å²) in [7, 11) is 1.84. The summed E-state index contributed by atoms with van der Waals surface area (Å²) < 4.78 is 0. The zero-order chi connectivity index (χ0) is 17.8. The zero-order valence-electron chi connectivity index (χ0n) is 15.3. The lowest BCUT2D eigenvalue weighted by atomic mass is 10.2. The van der Waals surface area contributed by atoms with Crippen LogP contribution in [0.25, 0.3) is 0 Å². The summed E-state index contributed by atoms with van der Waals surface area (Å²) in [6, 6.07) is 8.06. The Morgan fingerprint density at radius 2 is 2.00 bits per heavy atom. The molecule has 1 N–H and O–H groups in total. The summed E-state index contributed by atoms with van der Waals surface area (Å²) in [4.78, 5) is 14.9. The minimum absolute atomic E-state index is 0. The molecular formula is C18H25ClIN5S. The number of nitrogens with one attached hydrogen (secondary N) is 1. The van der Waals surface area contributed by atoms with Crippen LogP contribution in [0.1, 0.15) is 15.6 Å². The third-order valence-corrected chi connectivity index (χ3v) is 5.68. The quantitative estimate of drug-likeness (QED) is 0.390. The van der Waals surface area contributed by atoms with Crippen LogP contribution >= 0.6 is 46.9 Å². The van der Waals surface area contributed by atoms with Crippen LogP contribution in [-0.4, -0.2) is 49.1 Å². The Balaban J connectivity index is 0.00000243. The zero-order valence-corrected chi connectivity index (χ0v) is 19.2. The third kappa shape index (κ3) is 5.23. The van der Waals surface area contributed by atoms with E-state index in [4.69, 9.17) is 11.6 Å². The van der Waals surface area contributed by atoms with Crippen molar-refractivity contribution in [3.63, 3.8) is 0 Å². The Hall–Kier alpha value is -1.06. The van der Waals surface area contributed by atoms with Gasteiger partial charge in [0.2, 0.25) is 0 Å². The van der Waals surface area contributed by atoms with Crippen molar-refractivity contribution in [1.82, 2.24) is 15.2 Å². The van der Waals surface area contributed by atoms with Crippen molar-refractivity contribution >= 4 is 58.6 Å². The fraction of sp³-hybridized carbons (Fsp3) is 0.444. The normalized spacial score (nSPS) is 15.0. The lowest BCUT2D eigenvalue weighted by Gasteiger charge is -2.37. The molecule has 8 heteroatoms. The number of nitrogens with zero attached hydrogens (tertiary/aromatic N) is 4. The molecule has 1 aliphatic rings. The predicted molar refractivity (Wildman–Crippen MR) is 122 cm³/mol. The lowest BCUT2D eigenvalue weighted by Crippen LogP contribution is -2.52. The highest BCUT2D eigenvalue weighted by atomic mass is 127. The van der Waals surface area contributed by atoms with Crippen LogP contribution in [-0.2, 0) is 6.54 Å². The maximum absolute atomic E-state index is 6.11.